The predicted molar refractivity (Wildman–Crippen MR) is 117 cm³/mol. The molecule has 0 saturated carbocycles. The highest BCUT2D eigenvalue weighted by Gasteiger charge is 2.05. The van der Waals surface area contributed by atoms with Gasteiger partial charge < -0.3 is 5.32 Å². The van der Waals surface area contributed by atoms with Gasteiger partial charge in [-0.1, -0.05) is 63.7 Å². The molecular weight excluding hydrogens is 365 g/mol. The van der Waals surface area contributed by atoms with E-state index in [1.165, 1.54) is 50.3 Å². The quantitative estimate of drug-likeness (QED) is 0.244. The molecule has 0 spiro atoms. The van der Waals surface area contributed by atoms with Crippen LogP contribution in [0, 0.1) is 5.82 Å². The van der Waals surface area contributed by atoms with Crippen molar-refractivity contribution in [2.75, 3.05) is 5.32 Å². The molecule has 1 amide bonds. The third kappa shape index (κ3) is 8.86. The summed E-state index contributed by atoms with van der Waals surface area (Å²) in [6, 6.07) is 12.8. The maximum atomic E-state index is 12.9. The first-order valence-electron chi connectivity index (χ1n) is 10.5. The normalized spacial score (nSPS) is 11.0. The minimum atomic E-state index is -0.307. The zero-order valence-electron chi connectivity index (χ0n) is 17.1. The fraction of sp³-hybridized carbons (Fsp3) is 0.360. The van der Waals surface area contributed by atoms with E-state index < -0.39 is 0 Å². The van der Waals surface area contributed by atoms with Gasteiger partial charge in [0.25, 0.3) is 0 Å². The Labute approximate surface area is 173 Å². The van der Waals surface area contributed by atoms with Crippen LogP contribution in [0.2, 0.25) is 0 Å². The van der Waals surface area contributed by atoms with E-state index in [1.54, 1.807) is 42.5 Å². The lowest BCUT2D eigenvalue weighted by Gasteiger charge is -2.06. The van der Waals surface area contributed by atoms with Gasteiger partial charge in [0, 0.05) is 17.7 Å². The van der Waals surface area contributed by atoms with Crippen LogP contribution in [0.15, 0.2) is 54.6 Å². The van der Waals surface area contributed by atoms with Crippen LogP contribution in [0.3, 0.4) is 0 Å². The second-order valence-corrected chi connectivity index (χ2v) is 7.25. The van der Waals surface area contributed by atoms with Gasteiger partial charge in [0.15, 0.2) is 5.78 Å². The van der Waals surface area contributed by atoms with E-state index in [4.69, 9.17) is 0 Å². The number of unbranched alkanes of at least 4 members (excludes halogenated alkanes) is 6. The molecule has 29 heavy (non-hydrogen) atoms. The lowest BCUT2D eigenvalue weighted by molar-refractivity contribution is -0.116. The maximum absolute atomic E-state index is 12.9. The molecular formula is C25H30FNO2. The van der Waals surface area contributed by atoms with Crippen LogP contribution in [-0.4, -0.2) is 11.7 Å². The first kappa shape index (κ1) is 22.5. The van der Waals surface area contributed by atoms with Crippen molar-refractivity contribution in [1.82, 2.24) is 0 Å². The molecule has 0 bridgehead atoms. The zero-order chi connectivity index (χ0) is 20.9. The fourth-order valence-electron chi connectivity index (χ4n) is 3.03. The Morgan fingerprint density at radius 1 is 0.862 bits per heavy atom. The van der Waals surface area contributed by atoms with Crippen LogP contribution in [0.1, 0.15) is 74.2 Å². The van der Waals surface area contributed by atoms with Gasteiger partial charge in [-0.2, -0.15) is 0 Å². The Morgan fingerprint density at radius 3 is 2.14 bits per heavy atom. The number of nitrogens with one attached hydrogen (secondary N) is 1. The first-order chi connectivity index (χ1) is 14.1. The predicted octanol–water partition coefficient (Wildman–Crippen LogP) is 6.80. The van der Waals surface area contributed by atoms with Crippen molar-refractivity contribution >= 4 is 23.5 Å². The molecule has 0 atom stereocenters. The van der Waals surface area contributed by atoms with Crippen molar-refractivity contribution in [3.05, 3.63) is 71.6 Å². The molecule has 1 N–H and O–H groups in total. The number of carbonyl (C=O) groups excluding carboxylic acids is 2. The van der Waals surface area contributed by atoms with Gasteiger partial charge >= 0.3 is 0 Å². The Balaban J connectivity index is 1.73. The molecule has 4 heteroatoms. The Morgan fingerprint density at radius 2 is 1.48 bits per heavy atom. The first-order valence-corrected chi connectivity index (χ1v) is 10.5. The van der Waals surface area contributed by atoms with E-state index in [0.29, 0.717) is 17.7 Å². The van der Waals surface area contributed by atoms with E-state index in [2.05, 4.69) is 12.2 Å². The zero-order valence-corrected chi connectivity index (χ0v) is 17.1. The van der Waals surface area contributed by atoms with E-state index in [1.807, 2.05) is 0 Å². The average Bonchev–Trinajstić information content (AvgIpc) is 2.73. The third-order valence-corrected chi connectivity index (χ3v) is 4.76. The number of rotatable bonds is 12. The molecule has 0 aliphatic carbocycles. The molecule has 2 aromatic rings. The molecule has 0 unspecified atom stereocenters. The Hall–Kier alpha value is -2.75. The lowest BCUT2D eigenvalue weighted by atomic mass is 10.1. The van der Waals surface area contributed by atoms with Gasteiger partial charge in [0.05, 0.1) is 0 Å². The molecule has 154 valence electrons. The number of halogens is 1. The molecule has 0 heterocycles. The third-order valence-electron chi connectivity index (χ3n) is 4.76. The number of anilines is 1. The number of hydrogen-bond donors (Lipinski definition) is 1. The van der Waals surface area contributed by atoms with E-state index in [-0.39, 0.29) is 17.5 Å². The van der Waals surface area contributed by atoms with Gasteiger partial charge in [-0.15, -0.1) is 0 Å². The number of hydrogen-bond acceptors (Lipinski definition) is 2. The SMILES string of the molecule is CCCCCCCCCC(=O)Nc1ccc(C(=O)/C=C/c2ccc(F)cc2)cc1. The topological polar surface area (TPSA) is 46.2 Å². The van der Waals surface area contributed by atoms with Crippen LogP contribution < -0.4 is 5.32 Å². The van der Waals surface area contributed by atoms with E-state index in [9.17, 15) is 14.0 Å². The van der Waals surface area contributed by atoms with Crippen LogP contribution in [-0.2, 0) is 4.79 Å². The minimum Gasteiger partial charge on any atom is -0.326 e. The van der Waals surface area contributed by atoms with Crippen molar-refractivity contribution in [1.29, 1.82) is 0 Å². The Kier molecular flexibility index (Phi) is 9.84. The summed E-state index contributed by atoms with van der Waals surface area (Å²) in [5.41, 5.74) is 1.99. The van der Waals surface area contributed by atoms with Gasteiger partial charge in [0.2, 0.25) is 5.91 Å². The highest BCUT2D eigenvalue weighted by molar-refractivity contribution is 6.07. The molecule has 3 nitrogen and oxygen atoms in total. The van der Waals surface area contributed by atoms with Crippen molar-refractivity contribution in [3.63, 3.8) is 0 Å². The van der Waals surface area contributed by atoms with Gasteiger partial charge in [-0.25, -0.2) is 4.39 Å². The van der Waals surface area contributed by atoms with E-state index >= 15 is 0 Å². The summed E-state index contributed by atoms with van der Waals surface area (Å²) in [7, 11) is 0. The summed E-state index contributed by atoms with van der Waals surface area (Å²) in [6.07, 6.45) is 11.9. The number of allylic oxidation sites excluding steroid dienone is 1. The van der Waals surface area contributed by atoms with Crippen LogP contribution in [0.5, 0.6) is 0 Å². The number of ketones is 1. The molecule has 0 fully saturated rings. The molecule has 0 saturated heterocycles. The summed E-state index contributed by atoms with van der Waals surface area (Å²) in [6.45, 7) is 2.21. The molecule has 0 aliphatic rings. The highest BCUT2D eigenvalue weighted by atomic mass is 19.1. The number of benzene rings is 2. The molecule has 2 rings (SSSR count). The monoisotopic (exact) mass is 395 g/mol. The van der Waals surface area contributed by atoms with Gasteiger partial charge in [-0.05, 0) is 54.5 Å². The summed E-state index contributed by atoms with van der Waals surface area (Å²) in [5.74, 6) is -0.442. The molecule has 2 aromatic carbocycles. The van der Waals surface area contributed by atoms with Crippen molar-refractivity contribution in [2.24, 2.45) is 0 Å². The fourth-order valence-corrected chi connectivity index (χ4v) is 3.03. The summed E-state index contributed by atoms with van der Waals surface area (Å²) < 4.78 is 12.9. The summed E-state index contributed by atoms with van der Waals surface area (Å²) in [5, 5.41) is 2.88. The van der Waals surface area contributed by atoms with Crippen molar-refractivity contribution in [3.8, 4) is 0 Å². The smallest absolute Gasteiger partial charge is 0.224 e. The second kappa shape index (κ2) is 12.7. The summed E-state index contributed by atoms with van der Waals surface area (Å²) in [4.78, 5) is 24.3. The molecule has 0 aliphatic heterocycles. The van der Waals surface area contributed by atoms with Crippen LogP contribution in [0.25, 0.3) is 6.08 Å². The van der Waals surface area contributed by atoms with Crippen molar-refractivity contribution < 1.29 is 14.0 Å². The summed E-state index contributed by atoms with van der Waals surface area (Å²) >= 11 is 0. The maximum Gasteiger partial charge on any atom is 0.224 e. The van der Waals surface area contributed by atoms with E-state index in [0.717, 1.165) is 18.4 Å². The minimum absolute atomic E-state index is 0.00819. The highest BCUT2D eigenvalue weighted by Crippen LogP contribution is 2.13. The van der Waals surface area contributed by atoms with Crippen molar-refractivity contribution in [2.45, 2.75) is 58.3 Å². The average molecular weight is 396 g/mol. The Bertz CT molecular complexity index is 795. The largest absolute Gasteiger partial charge is 0.326 e. The second-order valence-electron chi connectivity index (χ2n) is 7.25. The van der Waals surface area contributed by atoms with Gasteiger partial charge in [0.1, 0.15) is 5.82 Å². The number of amides is 1. The van der Waals surface area contributed by atoms with Gasteiger partial charge in [-0.3, -0.25) is 9.59 Å². The van der Waals surface area contributed by atoms with Crippen LogP contribution in [0.4, 0.5) is 10.1 Å². The lowest BCUT2D eigenvalue weighted by Crippen LogP contribution is -2.11. The molecule has 0 aromatic heterocycles. The standard InChI is InChI=1S/C25H30FNO2/c1-2-3-4-5-6-7-8-9-25(29)27-23-17-13-21(14-18-23)24(28)19-12-20-10-15-22(26)16-11-20/h10-19H,2-9H2,1H3,(H,27,29)/b19-12+. The van der Waals surface area contributed by atoms with Crippen LogP contribution >= 0.6 is 0 Å². The molecule has 0 radical (unpaired) electrons. The number of carbonyl (C=O) groups is 2.